The summed E-state index contributed by atoms with van der Waals surface area (Å²) in [5, 5.41) is 0. The van der Waals surface area contributed by atoms with Crippen LogP contribution in [-0.4, -0.2) is 29.5 Å². The molecule has 0 unspecified atom stereocenters. The van der Waals surface area contributed by atoms with Gasteiger partial charge in [-0.3, -0.25) is 9.88 Å². The summed E-state index contributed by atoms with van der Waals surface area (Å²) in [7, 11) is 0. The van der Waals surface area contributed by atoms with E-state index < -0.39 is 0 Å². The highest BCUT2D eigenvalue weighted by atomic mass is 79.9. The maximum absolute atomic E-state index is 4.52. The highest BCUT2D eigenvalue weighted by Crippen LogP contribution is 2.23. The lowest BCUT2D eigenvalue weighted by molar-refractivity contribution is 0.377. The summed E-state index contributed by atoms with van der Waals surface area (Å²) >= 11 is 3.50. The van der Waals surface area contributed by atoms with Crippen molar-refractivity contribution >= 4 is 21.5 Å². The lowest BCUT2D eigenvalue weighted by Crippen LogP contribution is -2.19. The quantitative estimate of drug-likeness (QED) is 0.819. The van der Waals surface area contributed by atoms with Crippen LogP contribution < -0.4 is 0 Å². The first-order valence-corrected chi connectivity index (χ1v) is 8.22. The van der Waals surface area contributed by atoms with Gasteiger partial charge < -0.3 is 0 Å². The molecule has 1 saturated heterocycles. The molecule has 1 aromatic carbocycles. The summed E-state index contributed by atoms with van der Waals surface area (Å²) in [5.41, 5.74) is 3.48. The Morgan fingerprint density at radius 2 is 1.86 bits per heavy atom. The third-order valence-corrected chi connectivity index (χ3v) is 4.38. The number of rotatable bonds is 4. The Morgan fingerprint density at radius 3 is 2.52 bits per heavy atom. The number of benzene rings is 1. The van der Waals surface area contributed by atoms with Crippen LogP contribution >= 0.6 is 15.9 Å². The highest BCUT2D eigenvalue weighted by Gasteiger charge is 2.11. The van der Waals surface area contributed by atoms with Gasteiger partial charge in [0.2, 0.25) is 0 Å². The Hall–Kier alpha value is -1.45. The average molecular weight is 343 g/mol. The van der Waals surface area contributed by atoms with Crippen molar-refractivity contribution in [2.45, 2.75) is 12.8 Å². The number of hydrogen-bond acceptors (Lipinski definition) is 2. The SMILES string of the molecule is Brc1ccc(/C(=C\CN2CCCC2)c2ccccn2)cc1. The van der Waals surface area contributed by atoms with Crippen molar-refractivity contribution in [2.24, 2.45) is 0 Å². The fourth-order valence-electron chi connectivity index (χ4n) is 2.71. The van der Waals surface area contributed by atoms with E-state index in [0.717, 1.165) is 16.7 Å². The van der Waals surface area contributed by atoms with Crippen LogP contribution in [-0.2, 0) is 0 Å². The summed E-state index contributed by atoms with van der Waals surface area (Å²) in [4.78, 5) is 7.03. The Morgan fingerprint density at radius 1 is 1.10 bits per heavy atom. The Bertz CT molecular complexity index is 599. The fraction of sp³-hybridized carbons (Fsp3) is 0.278. The van der Waals surface area contributed by atoms with Crippen LogP contribution in [0.4, 0.5) is 0 Å². The normalized spacial score (nSPS) is 16.3. The number of aromatic nitrogens is 1. The third-order valence-electron chi connectivity index (χ3n) is 3.85. The summed E-state index contributed by atoms with van der Waals surface area (Å²) in [6, 6.07) is 14.6. The molecule has 0 radical (unpaired) electrons. The number of nitrogens with zero attached hydrogens (tertiary/aromatic N) is 2. The minimum absolute atomic E-state index is 1.00. The van der Waals surface area contributed by atoms with Crippen molar-refractivity contribution in [3.8, 4) is 0 Å². The lowest BCUT2D eigenvalue weighted by atomic mass is 10.0. The van der Waals surface area contributed by atoms with Crippen molar-refractivity contribution in [1.29, 1.82) is 0 Å². The van der Waals surface area contributed by atoms with Crippen molar-refractivity contribution in [2.75, 3.05) is 19.6 Å². The van der Waals surface area contributed by atoms with Gasteiger partial charge in [-0.1, -0.05) is 40.2 Å². The molecule has 0 amide bonds. The van der Waals surface area contributed by atoms with E-state index in [2.05, 4.69) is 62.2 Å². The van der Waals surface area contributed by atoms with E-state index >= 15 is 0 Å². The molecule has 2 nitrogen and oxygen atoms in total. The zero-order valence-corrected chi connectivity index (χ0v) is 13.6. The van der Waals surface area contributed by atoms with Gasteiger partial charge in [0.05, 0.1) is 5.69 Å². The number of hydrogen-bond donors (Lipinski definition) is 0. The molecule has 1 aliphatic heterocycles. The molecule has 0 saturated carbocycles. The first-order valence-electron chi connectivity index (χ1n) is 7.43. The minimum Gasteiger partial charge on any atom is -0.300 e. The molecular weight excluding hydrogens is 324 g/mol. The molecule has 3 heteroatoms. The van der Waals surface area contributed by atoms with Crippen molar-refractivity contribution in [1.82, 2.24) is 9.88 Å². The predicted octanol–water partition coefficient (Wildman–Crippen LogP) is 4.37. The maximum Gasteiger partial charge on any atom is 0.0705 e. The molecule has 0 aliphatic carbocycles. The van der Waals surface area contributed by atoms with Crippen LogP contribution in [0, 0.1) is 0 Å². The van der Waals surface area contributed by atoms with Gasteiger partial charge in [-0.2, -0.15) is 0 Å². The van der Waals surface area contributed by atoms with Crippen LogP contribution in [0.5, 0.6) is 0 Å². The summed E-state index contributed by atoms with van der Waals surface area (Å²) in [6.45, 7) is 3.43. The predicted molar refractivity (Wildman–Crippen MR) is 91.1 cm³/mol. The van der Waals surface area contributed by atoms with E-state index in [0.29, 0.717) is 0 Å². The third kappa shape index (κ3) is 3.80. The second-order valence-corrected chi connectivity index (χ2v) is 6.26. The monoisotopic (exact) mass is 342 g/mol. The molecule has 108 valence electrons. The fourth-order valence-corrected chi connectivity index (χ4v) is 2.97. The molecule has 0 spiro atoms. The van der Waals surface area contributed by atoms with E-state index in [9.17, 15) is 0 Å². The van der Waals surface area contributed by atoms with Crippen molar-refractivity contribution < 1.29 is 0 Å². The molecule has 0 N–H and O–H groups in total. The van der Waals surface area contributed by atoms with Gasteiger partial charge >= 0.3 is 0 Å². The van der Waals surface area contributed by atoms with Crippen LogP contribution in [0.3, 0.4) is 0 Å². The van der Waals surface area contributed by atoms with Crippen LogP contribution in [0.2, 0.25) is 0 Å². The second-order valence-electron chi connectivity index (χ2n) is 5.35. The van der Waals surface area contributed by atoms with Crippen molar-refractivity contribution in [3.05, 3.63) is 70.5 Å². The lowest BCUT2D eigenvalue weighted by Gasteiger charge is -2.14. The molecule has 2 heterocycles. The standard InChI is InChI=1S/C18H19BrN2/c19-16-8-6-15(7-9-16)17(18-5-1-2-11-20-18)10-14-21-12-3-4-13-21/h1-2,5-11H,3-4,12-14H2/b17-10+. The average Bonchev–Trinajstić information content (AvgIpc) is 3.04. The smallest absolute Gasteiger partial charge is 0.0705 e. The summed E-state index contributed by atoms with van der Waals surface area (Å²) < 4.78 is 1.10. The first kappa shape index (κ1) is 14.5. The molecule has 1 aromatic heterocycles. The Kier molecular flexibility index (Phi) is 4.84. The summed E-state index contributed by atoms with van der Waals surface area (Å²) in [5.74, 6) is 0. The van der Waals surface area contributed by atoms with Gasteiger partial charge in [-0.05, 0) is 55.8 Å². The first-order chi connectivity index (χ1) is 10.3. The zero-order chi connectivity index (χ0) is 14.5. The van der Waals surface area contributed by atoms with Crippen LogP contribution in [0.1, 0.15) is 24.1 Å². The van der Waals surface area contributed by atoms with E-state index in [1.54, 1.807) is 0 Å². The van der Waals surface area contributed by atoms with Gasteiger partial charge in [0.15, 0.2) is 0 Å². The molecule has 3 rings (SSSR count). The van der Waals surface area contributed by atoms with Gasteiger partial charge in [0.25, 0.3) is 0 Å². The maximum atomic E-state index is 4.52. The van der Waals surface area contributed by atoms with Gasteiger partial charge in [0, 0.05) is 22.8 Å². The van der Waals surface area contributed by atoms with E-state index in [-0.39, 0.29) is 0 Å². The Labute approximate surface area is 134 Å². The molecule has 1 aliphatic rings. The topological polar surface area (TPSA) is 16.1 Å². The molecule has 21 heavy (non-hydrogen) atoms. The van der Waals surface area contributed by atoms with E-state index in [1.807, 2.05) is 18.3 Å². The van der Waals surface area contributed by atoms with E-state index in [4.69, 9.17) is 0 Å². The molecule has 0 atom stereocenters. The van der Waals surface area contributed by atoms with Crippen LogP contribution in [0.15, 0.2) is 59.2 Å². The second kappa shape index (κ2) is 7.01. The minimum atomic E-state index is 1.00. The van der Waals surface area contributed by atoms with Gasteiger partial charge in [0.1, 0.15) is 0 Å². The molecule has 1 fully saturated rings. The van der Waals surface area contributed by atoms with E-state index in [1.165, 1.54) is 37.1 Å². The van der Waals surface area contributed by atoms with Crippen LogP contribution in [0.25, 0.3) is 5.57 Å². The summed E-state index contributed by atoms with van der Waals surface area (Å²) in [6.07, 6.45) is 6.82. The number of likely N-dealkylation sites (tertiary alicyclic amines) is 1. The van der Waals surface area contributed by atoms with Gasteiger partial charge in [-0.25, -0.2) is 0 Å². The zero-order valence-electron chi connectivity index (χ0n) is 12.0. The molecule has 2 aromatic rings. The van der Waals surface area contributed by atoms with Crippen molar-refractivity contribution in [3.63, 3.8) is 0 Å². The number of pyridine rings is 1. The largest absolute Gasteiger partial charge is 0.300 e. The van der Waals surface area contributed by atoms with Gasteiger partial charge in [-0.15, -0.1) is 0 Å². The Balaban J connectivity index is 1.90. The number of halogens is 1. The molecule has 0 bridgehead atoms. The molecular formula is C18H19BrN2. The highest BCUT2D eigenvalue weighted by molar-refractivity contribution is 9.10.